The molecule has 0 radical (unpaired) electrons. The normalized spacial score (nSPS) is 21.5. The van der Waals surface area contributed by atoms with Gasteiger partial charge in [0.2, 0.25) is 0 Å². The van der Waals surface area contributed by atoms with Crippen LogP contribution in [-0.4, -0.2) is 19.8 Å². The van der Waals surface area contributed by atoms with Crippen molar-refractivity contribution in [2.45, 2.75) is 12.2 Å². The second-order valence-electron chi connectivity index (χ2n) is 3.85. The lowest BCUT2D eigenvalue weighted by molar-refractivity contribution is -0.137. The Bertz CT molecular complexity index is 402. The van der Waals surface area contributed by atoms with Gasteiger partial charge in [-0.25, -0.2) is 0 Å². The molecular formula is C11H11BrF3NO. The first-order valence-corrected chi connectivity index (χ1v) is 5.95. The van der Waals surface area contributed by atoms with Crippen molar-refractivity contribution in [1.82, 2.24) is 5.32 Å². The molecule has 1 saturated heterocycles. The summed E-state index contributed by atoms with van der Waals surface area (Å²) in [6.45, 7) is 1.64. The van der Waals surface area contributed by atoms with Crippen molar-refractivity contribution in [3.8, 4) is 0 Å². The number of morpholine rings is 1. The number of halogens is 4. The van der Waals surface area contributed by atoms with Crippen molar-refractivity contribution in [3.05, 3.63) is 33.8 Å². The van der Waals surface area contributed by atoms with E-state index in [2.05, 4.69) is 21.2 Å². The minimum atomic E-state index is -4.33. The molecule has 94 valence electrons. The minimum absolute atomic E-state index is 0.178. The Morgan fingerprint density at radius 2 is 2.06 bits per heavy atom. The molecule has 1 fully saturated rings. The predicted molar refractivity (Wildman–Crippen MR) is 60.7 cm³/mol. The van der Waals surface area contributed by atoms with Gasteiger partial charge in [-0.2, -0.15) is 13.2 Å². The van der Waals surface area contributed by atoms with Gasteiger partial charge in [0.05, 0.1) is 24.8 Å². The third kappa shape index (κ3) is 3.20. The first-order chi connectivity index (χ1) is 7.97. The van der Waals surface area contributed by atoms with E-state index in [1.807, 2.05) is 0 Å². The average molecular weight is 310 g/mol. The summed E-state index contributed by atoms with van der Waals surface area (Å²) in [5, 5.41) is 3.13. The number of rotatable bonds is 1. The molecule has 0 amide bonds. The highest BCUT2D eigenvalue weighted by Crippen LogP contribution is 2.33. The van der Waals surface area contributed by atoms with Crippen molar-refractivity contribution >= 4 is 15.9 Å². The van der Waals surface area contributed by atoms with E-state index in [1.165, 1.54) is 0 Å². The van der Waals surface area contributed by atoms with Crippen LogP contribution in [0.5, 0.6) is 0 Å². The minimum Gasteiger partial charge on any atom is -0.378 e. The standard InChI is InChI=1S/C11H11BrF3NO/c12-9-4-7(10-6-17-2-1-16-10)3-8(5-9)11(13,14)15/h3-5,10,16H,1-2,6H2/t10-/m1/s1. The Kier molecular flexibility index (Phi) is 3.75. The quantitative estimate of drug-likeness (QED) is 0.860. The third-order valence-electron chi connectivity index (χ3n) is 2.57. The number of alkyl halides is 3. The highest BCUT2D eigenvalue weighted by Gasteiger charge is 2.31. The summed E-state index contributed by atoms with van der Waals surface area (Å²) >= 11 is 3.10. The highest BCUT2D eigenvalue weighted by atomic mass is 79.9. The van der Waals surface area contributed by atoms with Crippen LogP contribution in [-0.2, 0) is 10.9 Å². The molecule has 1 aromatic carbocycles. The molecule has 1 atom stereocenters. The van der Waals surface area contributed by atoms with Crippen LogP contribution in [0.25, 0.3) is 0 Å². The fourth-order valence-electron chi connectivity index (χ4n) is 1.76. The molecular weight excluding hydrogens is 299 g/mol. The summed E-state index contributed by atoms with van der Waals surface area (Å²) in [5.74, 6) is 0. The Balaban J connectivity index is 2.31. The van der Waals surface area contributed by atoms with Gasteiger partial charge in [-0.1, -0.05) is 15.9 Å². The second-order valence-corrected chi connectivity index (χ2v) is 4.77. The highest BCUT2D eigenvalue weighted by molar-refractivity contribution is 9.10. The Labute approximate surface area is 105 Å². The van der Waals surface area contributed by atoms with E-state index in [0.29, 0.717) is 29.8 Å². The van der Waals surface area contributed by atoms with Crippen LogP contribution in [0.15, 0.2) is 22.7 Å². The topological polar surface area (TPSA) is 21.3 Å². The second kappa shape index (κ2) is 4.96. The molecule has 1 heterocycles. The summed E-state index contributed by atoms with van der Waals surface area (Å²) in [6, 6.07) is 3.74. The molecule has 1 N–H and O–H groups in total. The molecule has 6 heteroatoms. The lowest BCUT2D eigenvalue weighted by atomic mass is 10.0. The fourth-order valence-corrected chi connectivity index (χ4v) is 2.27. The van der Waals surface area contributed by atoms with E-state index < -0.39 is 11.7 Å². The maximum absolute atomic E-state index is 12.6. The van der Waals surface area contributed by atoms with Gasteiger partial charge >= 0.3 is 6.18 Å². The van der Waals surface area contributed by atoms with Gasteiger partial charge in [0, 0.05) is 11.0 Å². The molecule has 0 bridgehead atoms. The van der Waals surface area contributed by atoms with Crippen molar-refractivity contribution in [2.24, 2.45) is 0 Å². The van der Waals surface area contributed by atoms with Gasteiger partial charge in [-0.05, 0) is 23.8 Å². The number of nitrogens with one attached hydrogen (secondary N) is 1. The van der Waals surface area contributed by atoms with Gasteiger partial charge in [-0.15, -0.1) is 0 Å². The SMILES string of the molecule is FC(F)(F)c1cc(Br)cc([C@H]2COCCN2)c1. The smallest absolute Gasteiger partial charge is 0.378 e. The molecule has 17 heavy (non-hydrogen) atoms. The summed E-state index contributed by atoms with van der Waals surface area (Å²) in [4.78, 5) is 0. The lowest BCUT2D eigenvalue weighted by Crippen LogP contribution is -2.34. The molecule has 1 aliphatic rings. The molecule has 2 rings (SSSR count). The zero-order valence-corrected chi connectivity index (χ0v) is 10.4. The Morgan fingerprint density at radius 3 is 2.65 bits per heavy atom. The number of hydrogen-bond acceptors (Lipinski definition) is 2. The van der Waals surface area contributed by atoms with E-state index in [0.717, 1.165) is 12.1 Å². The monoisotopic (exact) mass is 309 g/mol. The lowest BCUT2D eigenvalue weighted by Gasteiger charge is -2.25. The van der Waals surface area contributed by atoms with Crippen molar-refractivity contribution in [3.63, 3.8) is 0 Å². The van der Waals surface area contributed by atoms with Crippen molar-refractivity contribution < 1.29 is 17.9 Å². The molecule has 0 aromatic heterocycles. The summed E-state index contributed by atoms with van der Waals surface area (Å²) in [5.41, 5.74) is -0.0550. The van der Waals surface area contributed by atoms with Gasteiger partial charge in [0.1, 0.15) is 0 Å². The molecule has 1 aliphatic heterocycles. The van der Waals surface area contributed by atoms with E-state index in [1.54, 1.807) is 6.07 Å². The zero-order chi connectivity index (χ0) is 12.5. The number of hydrogen-bond donors (Lipinski definition) is 1. The van der Waals surface area contributed by atoms with Gasteiger partial charge in [0.15, 0.2) is 0 Å². The number of ether oxygens (including phenoxy) is 1. The largest absolute Gasteiger partial charge is 0.416 e. The van der Waals surface area contributed by atoms with Crippen LogP contribution >= 0.6 is 15.9 Å². The molecule has 1 aromatic rings. The maximum Gasteiger partial charge on any atom is 0.416 e. The first-order valence-electron chi connectivity index (χ1n) is 5.15. The van der Waals surface area contributed by atoms with Crippen LogP contribution in [0.3, 0.4) is 0 Å². The van der Waals surface area contributed by atoms with Gasteiger partial charge in [0.25, 0.3) is 0 Å². The van der Waals surface area contributed by atoms with Crippen LogP contribution in [0.2, 0.25) is 0 Å². The van der Waals surface area contributed by atoms with E-state index in [4.69, 9.17) is 4.74 Å². The average Bonchev–Trinajstić information content (AvgIpc) is 2.28. The predicted octanol–water partition coefficient (Wildman–Crippen LogP) is 3.13. The van der Waals surface area contributed by atoms with Crippen LogP contribution < -0.4 is 5.32 Å². The van der Waals surface area contributed by atoms with Gasteiger partial charge < -0.3 is 10.1 Å². The third-order valence-corrected chi connectivity index (χ3v) is 3.03. The molecule has 0 aliphatic carbocycles. The van der Waals surface area contributed by atoms with Crippen LogP contribution in [0, 0.1) is 0 Å². The fraction of sp³-hybridized carbons (Fsp3) is 0.455. The molecule has 0 saturated carbocycles. The van der Waals surface area contributed by atoms with E-state index in [9.17, 15) is 13.2 Å². The Morgan fingerprint density at radius 1 is 1.29 bits per heavy atom. The molecule has 0 spiro atoms. The van der Waals surface area contributed by atoms with E-state index in [-0.39, 0.29) is 6.04 Å². The zero-order valence-electron chi connectivity index (χ0n) is 8.85. The number of benzene rings is 1. The van der Waals surface area contributed by atoms with Crippen LogP contribution in [0.1, 0.15) is 17.2 Å². The molecule has 2 nitrogen and oxygen atoms in total. The van der Waals surface area contributed by atoms with E-state index >= 15 is 0 Å². The first kappa shape index (κ1) is 12.9. The Hall–Kier alpha value is -0.590. The van der Waals surface area contributed by atoms with Crippen molar-refractivity contribution in [1.29, 1.82) is 0 Å². The summed E-state index contributed by atoms with van der Waals surface area (Å²) < 4.78 is 43.6. The van der Waals surface area contributed by atoms with Crippen LogP contribution in [0.4, 0.5) is 13.2 Å². The van der Waals surface area contributed by atoms with Gasteiger partial charge in [-0.3, -0.25) is 0 Å². The summed E-state index contributed by atoms with van der Waals surface area (Å²) in [6.07, 6.45) is -4.33. The summed E-state index contributed by atoms with van der Waals surface area (Å²) in [7, 11) is 0. The maximum atomic E-state index is 12.6. The molecule has 0 unspecified atom stereocenters. The van der Waals surface area contributed by atoms with Crippen molar-refractivity contribution in [2.75, 3.05) is 19.8 Å².